The lowest BCUT2D eigenvalue weighted by Crippen LogP contribution is -2.35. The molecule has 0 spiro atoms. The highest BCUT2D eigenvalue weighted by molar-refractivity contribution is 5.96. The SMILES string of the molecule is CCCCCC(C)NC(=O)COC(=O)c1ccc2c(c1)CCC(=O)N2. The normalized spacial score (nSPS) is 14.2. The van der Waals surface area contributed by atoms with Gasteiger partial charge < -0.3 is 15.4 Å². The highest BCUT2D eigenvalue weighted by atomic mass is 16.5. The van der Waals surface area contributed by atoms with Crippen molar-refractivity contribution in [3.63, 3.8) is 0 Å². The molecule has 1 unspecified atom stereocenters. The van der Waals surface area contributed by atoms with E-state index in [1.165, 1.54) is 0 Å². The maximum Gasteiger partial charge on any atom is 0.338 e. The summed E-state index contributed by atoms with van der Waals surface area (Å²) in [6.07, 6.45) is 5.28. The number of anilines is 1. The van der Waals surface area contributed by atoms with Gasteiger partial charge in [-0.25, -0.2) is 4.79 Å². The minimum atomic E-state index is -0.534. The van der Waals surface area contributed by atoms with Crippen molar-refractivity contribution < 1.29 is 19.1 Å². The predicted molar refractivity (Wildman–Crippen MR) is 95.4 cm³/mol. The van der Waals surface area contributed by atoms with Crippen LogP contribution in [0.15, 0.2) is 18.2 Å². The third kappa shape index (κ3) is 5.89. The zero-order chi connectivity index (χ0) is 18.2. The molecule has 2 amide bonds. The van der Waals surface area contributed by atoms with Crippen LogP contribution in [0.2, 0.25) is 0 Å². The molecule has 0 bridgehead atoms. The van der Waals surface area contributed by atoms with Gasteiger partial charge in [0.25, 0.3) is 5.91 Å². The van der Waals surface area contributed by atoms with E-state index < -0.39 is 5.97 Å². The van der Waals surface area contributed by atoms with E-state index in [0.29, 0.717) is 18.4 Å². The number of aryl methyl sites for hydroxylation is 1. The Morgan fingerprint density at radius 2 is 2.08 bits per heavy atom. The van der Waals surface area contributed by atoms with Crippen LogP contribution < -0.4 is 10.6 Å². The Morgan fingerprint density at radius 1 is 1.28 bits per heavy atom. The van der Waals surface area contributed by atoms with E-state index in [2.05, 4.69) is 17.6 Å². The van der Waals surface area contributed by atoms with Crippen LogP contribution in [0.25, 0.3) is 0 Å². The molecule has 0 saturated heterocycles. The van der Waals surface area contributed by atoms with Gasteiger partial charge in [-0.3, -0.25) is 9.59 Å². The maximum absolute atomic E-state index is 12.1. The number of rotatable bonds is 8. The summed E-state index contributed by atoms with van der Waals surface area (Å²) in [4.78, 5) is 35.3. The maximum atomic E-state index is 12.1. The number of amides is 2. The lowest BCUT2D eigenvalue weighted by Gasteiger charge is -2.17. The number of esters is 1. The number of hydrogen-bond donors (Lipinski definition) is 2. The van der Waals surface area contributed by atoms with Gasteiger partial charge in [-0.15, -0.1) is 0 Å². The molecule has 1 atom stereocenters. The van der Waals surface area contributed by atoms with Gasteiger partial charge >= 0.3 is 5.97 Å². The largest absolute Gasteiger partial charge is 0.452 e. The first-order valence-electron chi connectivity index (χ1n) is 8.89. The molecule has 6 heteroatoms. The molecule has 0 fully saturated rings. The average Bonchev–Trinajstić information content (AvgIpc) is 2.59. The van der Waals surface area contributed by atoms with Crippen molar-refractivity contribution in [1.29, 1.82) is 0 Å². The summed E-state index contributed by atoms with van der Waals surface area (Å²) in [5.41, 5.74) is 2.02. The Morgan fingerprint density at radius 3 is 2.84 bits per heavy atom. The molecule has 1 heterocycles. The Kier molecular flexibility index (Phi) is 6.98. The van der Waals surface area contributed by atoms with Gasteiger partial charge in [0.15, 0.2) is 6.61 Å². The van der Waals surface area contributed by atoms with Gasteiger partial charge in [-0.2, -0.15) is 0 Å². The minimum absolute atomic E-state index is 0.0208. The van der Waals surface area contributed by atoms with Gasteiger partial charge in [0.05, 0.1) is 5.56 Å². The zero-order valence-electron chi connectivity index (χ0n) is 14.9. The lowest BCUT2D eigenvalue weighted by molar-refractivity contribution is -0.124. The van der Waals surface area contributed by atoms with E-state index >= 15 is 0 Å². The van der Waals surface area contributed by atoms with E-state index in [9.17, 15) is 14.4 Å². The fourth-order valence-electron chi connectivity index (χ4n) is 2.81. The first-order chi connectivity index (χ1) is 12.0. The summed E-state index contributed by atoms with van der Waals surface area (Å²) in [5, 5.41) is 5.60. The molecule has 0 aliphatic carbocycles. The topological polar surface area (TPSA) is 84.5 Å². The molecule has 1 aliphatic heterocycles. The minimum Gasteiger partial charge on any atom is -0.452 e. The van der Waals surface area contributed by atoms with Crippen molar-refractivity contribution in [2.45, 2.75) is 58.4 Å². The Hall–Kier alpha value is -2.37. The first kappa shape index (κ1) is 19.0. The second kappa shape index (κ2) is 9.20. The van der Waals surface area contributed by atoms with Gasteiger partial charge in [0, 0.05) is 18.2 Å². The zero-order valence-corrected chi connectivity index (χ0v) is 14.9. The van der Waals surface area contributed by atoms with Crippen LogP contribution in [0.3, 0.4) is 0 Å². The summed E-state index contributed by atoms with van der Waals surface area (Å²) in [7, 11) is 0. The van der Waals surface area contributed by atoms with Crippen LogP contribution in [0, 0.1) is 0 Å². The van der Waals surface area contributed by atoms with Crippen LogP contribution >= 0.6 is 0 Å². The van der Waals surface area contributed by atoms with Crippen molar-refractivity contribution in [1.82, 2.24) is 5.32 Å². The fraction of sp³-hybridized carbons (Fsp3) is 0.526. The van der Waals surface area contributed by atoms with Gasteiger partial charge in [0.1, 0.15) is 0 Å². The molecule has 0 saturated carbocycles. The number of fused-ring (bicyclic) bond motifs is 1. The highest BCUT2D eigenvalue weighted by Crippen LogP contribution is 2.23. The standard InChI is InChI=1S/C19H26N2O4/c1-3-4-5-6-13(2)20-18(23)12-25-19(24)15-7-9-16-14(11-15)8-10-17(22)21-16/h7,9,11,13H,3-6,8,10,12H2,1-2H3,(H,20,23)(H,21,22). The molecule has 2 rings (SSSR count). The summed E-state index contributed by atoms with van der Waals surface area (Å²) < 4.78 is 5.09. The summed E-state index contributed by atoms with van der Waals surface area (Å²) in [5.74, 6) is -0.844. The van der Waals surface area contributed by atoms with Crippen molar-refractivity contribution in [3.05, 3.63) is 29.3 Å². The second-order valence-corrected chi connectivity index (χ2v) is 6.46. The van der Waals surface area contributed by atoms with Crippen molar-refractivity contribution in [2.75, 3.05) is 11.9 Å². The van der Waals surface area contributed by atoms with E-state index in [0.717, 1.165) is 36.9 Å². The molecular formula is C19H26N2O4. The Labute approximate surface area is 148 Å². The molecule has 0 aromatic heterocycles. The van der Waals surface area contributed by atoms with Crippen molar-refractivity contribution in [3.8, 4) is 0 Å². The molecule has 2 N–H and O–H groups in total. The van der Waals surface area contributed by atoms with Crippen molar-refractivity contribution >= 4 is 23.5 Å². The second-order valence-electron chi connectivity index (χ2n) is 6.46. The number of hydrogen-bond acceptors (Lipinski definition) is 4. The summed E-state index contributed by atoms with van der Waals surface area (Å²) in [6, 6.07) is 5.07. The number of carbonyl (C=O) groups is 3. The monoisotopic (exact) mass is 346 g/mol. The third-order valence-corrected chi connectivity index (χ3v) is 4.22. The van der Waals surface area contributed by atoms with Crippen LogP contribution in [0.5, 0.6) is 0 Å². The van der Waals surface area contributed by atoms with Gasteiger partial charge in [-0.1, -0.05) is 26.2 Å². The fourth-order valence-corrected chi connectivity index (χ4v) is 2.81. The van der Waals surface area contributed by atoms with E-state index in [4.69, 9.17) is 4.74 Å². The molecule has 136 valence electrons. The smallest absolute Gasteiger partial charge is 0.338 e. The van der Waals surface area contributed by atoms with E-state index in [1.807, 2.05) is 6.92 Å². The number of benzene rings is 1. The van der Waals surface area contributed by atoms with Crippen LogP contribution in [0.1, 0.15) is 61.9 Å². The molecule has 1 aliphatic rings. The highest BCUT2D eigenvalue weighted by Gasteiger charge is 2.18. The third-order valence-electron chi connectivity index (χ3n) is 4.22. The molecule has 25 heavy (non-hydrogen) atoms. The Balaban J connectivity index is 1.80. The molecule has 1 aromatic rings. The van der Waals surface area contributed by atoms with Crippen LogP contribution in [0.4, 0.5) is 5.69 Å². The van der Waals surface area contributed by atoms with Gasteiger partial charge in [-0.05, 0) is 43.5 Å². The Bertz CT molecular complexity index is 642. The molecule has 6 nitrogen and oxygen atoms in total. The number of nitrogens with one attached hydrogen (secondary N) is 2. The quantitative estimate of drug-likeness (QED) is 0.560. The molecular weight excluding hydrogens is 320 g/mol. The first-order valence-corrected chi connectivity index (χ1v) is 8.89. The summed E-state index contributed by atoms with van der Waals surface area (Å²) >= 11 is 0. The van der Waals surface area contributed by atoms with Crippen LogP contribution in [-0.2, 0) is 20.7 Å². The predicted octanol–water partition coefficient (Wildman–Crippen LogP) is 2.81. The van der Waals surface area contributed by atoms with E-state index in [1.54, 1.807) is 18.2 Å². The molecule has 0 radical (unpaired) electrons. The average molecular weight is 346 g/mol. The number of unbranched alkanes of at least 4 members (excludes halogenated alkanes) is 2. The summed E-state index contributed by atoms with van der Waals surface area (Å²) in [6.45, 7) is 3.80. The van der Waals surface area contributed by atoms with Crippen molar-refractivity contribution in [2.24, 2.45) is 0 Å². The number of ether oxygens (including phenoxy) is 1. The van der Waals surface area contributed by atoms with Gasteiger partial charge in [0.2, 0.25) is 5.91 Å². The van der Waals surface area contributed by atoms with E-state index in [-0.39, 0.29) is 24.5 Å². The lowest BCUT2D eigenvalue weighted by atomic mass is 10.0. The molecule has 1 aromatic carbocycles. The van der Waals surface area contributed by atoms with Crippen LogP contribution in [-0.4, -0.2) is 30.4 Å². The number of carbonyl (C=O) groups excluding carboxylic acids is 3.